The molecule has 0 aromatic carbocycles. The van der Waals surface area contributed by atoms with Crippen molar-refractivity contribution in [3.05, 3.63) is 0 Å². The fourth-order valence-electron chi connectivity index (χ4n) is 2.63. The van der Waals surface area contributed by atoms with Crippen LogP contribution in [0.4, 0.5) is 0 Å². The first-order valence-electron chi connectivity index (χ1n) is 7.56. The summed E-state index contributed by atoms with van der Waals surface area (Å²) in [6.45, 7) is 7.28. The highest BCUT2D eigenvalue weighted by molar-refractivity contribution is 4.80. The largest absolute Gasteiger partial charge is 0.394 e. The van der Waals surface area contributed by atoms with E-state index in [1.165, 1.54) is 0 Å². The van der Waals surface area contributed by atoms with Gasteiger partial charge < -0.3 is 19.9 Å². The van der Waals surface area contributed by atoms with Crippen LogP contribution < -0.4 is 5.32 Å². The summed E-state index contributed by atoms with van der Waals surface area (Å²) >= 11 is 0. The van der Waals surface area contributed by atoms with E-state index in [9.17, 15) is 5.11 Å². The fraction of sp³-hybridized carbons (Fsp3) is 1.00. The van der Waals surface area contributed by atoms with E-state index in [2.05, 4.69) is 26.1 Å². The van der Waals surface area contributed by atoms with Gasteiger partial charge in [-0.3, -0.25) is 0 Å². The van der Waals surface area contributed by atoms with Gasteiger partial charge in [0.05, 0.1) is 24.9 Å². The molecule has 1 heterocycles. The summed E-state index contributed by atoms with van der Waals surface area (Å²) in [6.07, 6.45) is 6.11. The lowest BCUT2D eigenvalue weighted by Gasteiger charge is -2.32. The van der Waals surface area contributed by atoms with Crippen LogP contribution >= 0.6 is 0 Å². The van der Waals surface area contributed by atoms with Crippen LogP contribution in [0.1, 0.15) is 52.9 Å². The van der Waals surface area contributed by atoms with Gasteiger partial charge in [0.15, 0.2) is 0 Å². The van der Waals surface area contributed by atoms with Gasteiger partial charge in [-0.05, 0) is 59.9 Å². The number of likely N-dealkylation sites (N-methyl/N-ethyl adjacent to an activating group) is 1. The Hall–Kier alpha value is -0.160. The van der Waals surface area contributed by atoms with E-state index in [0.29, 0.717) is 18.3 Å². The van der Waals surface area contributed by atoms with Crippen LogP contribution in [0.25, 0.3) is 0 Å². The van der Waals surface area contributed by atoms with E-state index in [0.717, 1.165) is 38.7 Å². The van der Waals surface area contributed by atoms with Crippen molar-refractivity contribution in [3.63, 3.8) is 0 Å². The number of hydrogen-bond donors (Lipinski definition) is 2. The fourth-order valence-corrected chi connectivity index (χ4v) is 2.63. The maximum absolute atomic E-state index is 9.30. The molecule has 3 atom stereocenters. The Bertz CT molecular complexity index is 234. The smallest absolute Gasteiger partial charge is 0.0624 e. The van der Waals surface area contributed by atoms with Crippen LogP contribution in [0.3, 0.4) is 0 Å². The zero-order chi connectivity index (χ0) is 14.3. The van der Waals surface area contributed by atoms with E-state index < -0.39 is 0 Å². The number of aliphatic hydroxyl groups excluding tert-OH is 1. The van der Waals surface area contributed by atoms with Gasteiger partial charge >= 0.3 is 0 Å². The molecule has 2 N–H and O–H groups in total. The molecule has 0 aliphatic carbocycles. The lowest BCUT2D eigenvalue weighted by Crippen LogP contribution is -2.43. The first-order chi connectivity index (χ1) is 8.99. The molecule has 0 radical (unpaired) electrons. The SMILES string of the molecule is CNC(C)(CO)CCCCOC1CC(C)OC(C)C1. The third kappa shape index (κ3) is 6.21. The molecule has 4 nitrogen and oxygen atoms in total. The Labute approximate surface area is 117 Å². The van der Waals surface area contributed by atoms with Crippen molar-refractivity contribution in [3.8, 4) is 0 Å². The molecule has 0 saturated carbocycles. The molecule has 4 heteroatoms. The van der Waals surface area contributed by atoms with Gasteiger partial charge in [-0.2, -0.15) is 0 Å². The van der Waals surface area contributed by atoms with Crippen molar-refractivity contribution in [1.29, 1.82) is 0 Å². The van der Waals surface area contributed by atoms with Crippen LogP contribution in [-0.2, 0) is 9.47 Å². The standard InChI is InChI=1S/C15H31NO3/c1-12-9-14(10-13(2)19-12)18-8-6-5-7-15(3,11-17)16-4/h12-14,16-17H,5-11H2,1-4H3. The Balaban J connectivity index is 2.10. The molecule has 1 fully saturated rings. The molecule has 114 valence electrons. The predicted octanol–water partition coefficient (Wildman–Crippen LogP) is 2.10. The molecule has 0 spiro atoms. The highest BCUT2D eigenvalue weighted by atomic mass is 16.5. The van der Waals surface area contributed by atoms with Gasteiger partial charge in [-0.1, -0.05) is 0 Å². The van der Waals surface area contributed by atoms with Gasteiger partial charge in [0.25, 0.3) is 0 Å². The second kappa shape index (κ2) is 8.20. The quantitative estimate of drug-likeness (QED) is 0.665. The van der Waals surface area contributed by atoms with Gasteiger partial charge in [0.2, 0.25) is 0 Å². The number of hydrogen-bond acceptors (Lipinski definition) is 4. The van der Waals surface area contributed by atoms with E-state index >= 15 is 0 Å². The minimum atomic E-state index is -0.151. The van der Waals surface area contributed by atoms with Crippen molar-refractivity contribution in [1.82, 2.24) is 5.32 Å². The molecule has 0 amide bonds. The van der Waals surface area contributed by atoms with Crippen LogP contribution in [0.15, 0.2) is 0 Å². The molecule has 1 rings (SSSR count). The van der Waals surface area contributed by atoms with Crippen molar-refractivity contribution >= 4 is 0 Å². The molecular weight excluding hydrogens is 242 g/mol. The molecule has 1 aliphatic heterocycles. The van der Waals surface area contributed by atoms with Gasteiger partial charge in [0, 0.05) is 12.1 Å². The van der Waals surface area contributed by atoms with E-state index in [-0.39, 0.29) is 12.1 Å². The lowest BCUT2D eigenvalue weighted by molar-refractivity contribution is -0.102. The normalized spacial score (nSPS) is 31.1. The molecule has 3 unspecified atom stereocenters. The van der Waals surface area contributed by atoms with E-state index in [1.807, 2.05) is 7.05 Å². The first-order valence-corrected chi connectivity index (χ1v) is 7.56. The molecular formula is C15H31NO3. The lowest BCUT2D eigenvalue weighted by atomic mass is 9.96. The molecule has 0 aromatic rings. The number of rotatable bonds is 8. The van der Waals surface area contributed by atoms with Crippen LogP contribution in [0, 0.1) is 0 Å². The minimum absolute atomic E-state index is 0.151. The van der Waals surface area contributed by atoms with Crippen molar-refractivity contribution in [2.75, 3.05) is 20.3 Å². The second-order valence-corrected chi connectivity index (χ2v) is 6.15. The zero-order valence-corrected chi connectivity index (χ0v) is 12.9. The average Bonchev–Trinajstić information content (AvgIpc) is 2.37. The van der Waals surface area contributed by atoms with Gasteiger partial charge in [-0.25, -0.2) is 0 Å². The minimum Gasteiger partial charge on any atom is -0.394 e. The summed E-state index contributed by atoms with van der Waals surface area (Å²) < 4.78 is 11.6. The number of unbranched alkanes of at least 4 members (excludes halogenated alkanes) is 1. The second-order valence-electron chi connectivity index (χ2n) is 6.15. The predicted molar refractivity (Wildman–Crippen MR) is 77.4 cm³/mol. The summed E-state index contributed by atoms with van der Waals surface area (Å²) in [5.74, 6) is 0. The van der Waals surface area contributed by atoms with Crippen LogP contribution in [0.2, 0.25) is 0 Å². The molecule has 0 aromatic heterocycles. The van der Waals surface area contributed by atoms with Crippen LogP contribution in [-0.4, -0.2) is 49.2 Å². The highest BCUT2D eigenvalue weighted by Crippen LogP contribution is 2.22. The molecule has 0 bridgehead atoms. The number of nitrogens with one attached hydrogen (secondary N) is 1. The Morgan fingerprint density at radius 1 is 1.26 bits per heavy atom. The van der Waals surface area contributed by atoms with E-state index in [1.54, 1.807) is 0 Å². The Morgan fingerprint density at radius 2 is 1.89 bits per heavy atom. The van der Waals surface area contributed by atoms with Crippen LogP contribution in [0.5, 0.6) is 0 Å². The third-order valence-electron chi connectivity index (χ3n) is 4.08. The molecule has 1 aliphatic rings. The number of aliphatic hydroxyl groups is 1. The number of ether oxygens (including phenoxy) is 2. The van der Waals surface area contributed by atoms with Crippen molar-refractivity contribution in [2.45, 2.75) is 76.7 Å². The monoisotopic (exact) mass is 273 g/mol. The third-order valence-corrected chi connectivity index (χ3v) is 4.08. The molecule has 1 saturated heterocycles. The Kier molecular flexibility index (Phi) is 7.29. The first kappa shape index (κ1) is 16.9. The molecule has 19 heavy (non-hydrogen) atoms. The van der Waals surface area contributed by atoms with Crippen molar-refractivity contribution < 1.29 is 14.6 Å². The zero-order valence-electron chi connectivity index (χ0n) is 12.9. The average molecular weight is 273 g/mol. The van der Waals surface area contributed by atoms with Gasteiger partial charge in [-0.15, -0.1) is 0 Å². The maximum Gasteiger partial charge on any atom is 0.0624 e. The Morgan fingerprint density at radius 3 is 2.42 bits per heavy atom. The highest BCUT2D eigenvalue weighted by Gasteiger charge is 2.25. The van der Waals surface area contributed by atoms with Gasteiger partial charge in [0.1, 0.15) is 0 Å². The maximum atomic E-state index is 9.30. The topological polar surface area (TPSA) is 50.7 Å². The summed E-state index contributed by atoms with van der Waals surface area (Å²) in [6, 6.07) is 0. The summed E-state index contributed by atoms with van der Waals surface area (Å²) in [7, 11) is 1.90. The van der Waals surface area contributed by atoms with Crippen molar-refractivity contribution in [2.24, 2.45) is 0 Å². The summed E-state index contributed by atoms with van der Waals surface area (Å²) in [5, 5.41) is 12.5. The summed E-state index contributed by atoms with van der Waals surface area (Å²) in [4.78, 5) is 0. The van der Waals surface area contributed by atoms with E-state index in [4.69, 9.17) is 9.47 Å². The summed E-state index contributed by atoms with van der Waals surface area (Å²) in [5.41, 5.74) is -0.151.